The van der Waals surface area contributed by atoms with Crippen LogP contribution in [-0.4, -0.2) is 11.1 Å². The zero-order valence-electron chi connectivity index (χ0n) is 14.5. The molecule has 0 aromatic rings. The molecule has 0 rings (SSSR count). The Morgan fingerprint density at radius 2 is 1.41 bits per heavy atom. The second kappa shape index (κ2) is 20.5. The zero-order valence-corrected chi connectivity index (χ0v) is 16.5. The average molecular weight is 316 g/mol. The summed E-state index contributed by atoms with van der Waals surface area (Å²) >= 11 is 0. The van der Waals surface area contributed by atoms with E-state index in [-0.39, 0.29) is 29.6 Å². The SMILES string of the molecule is N#CC(C#N)C(=O)O.[CH2-]CCCCCCCCCC(C)C.[Na+]. The van der Waals surface area contributed by atoms with E-state index in [1.807, 2.05) is 0 Å². The third-order valence-corrected chi connectivity index (χ3v) is 3.04. The number of hydrogen-bond donors (Lipinski definition) is 1. The van der Waals surface area contributed by atoms with Gasteiger partial charge < -0.3 is 12.0 Å². The standard InChI is InChI=1S/C13H27.C4H2N2O2.Na/c1-4-5-6-7-8-9-10-11-12-13(2)3;5-1-3(2-6)4(7)8;/h13H,1,4-12H2,2-3H3;3H,(H,7,8);/q-1;;+1. The van der Waals surface area contributed by atoms with E-state index in [0.717, 1.165) is 12.3 Å². The Kier molecular flexibility index (Phi) is 24.5. The number of rotatable bonds is 10. The van der Waals surface area contributed by atoms with Crippen LogP contribution in [0.25, 0.3) is 0 Å². The van der Waals surface area contributed by atoms with Crippen molar-refractivity contribution in [2.24, 2.45) is 11.8 Å². The number of carbonyl (C=O) groups is 1. The first-order chi connectivity index (χ1) is 9.99. The van der Waals surface area contributed by atoms with Gasteiger partial charge in [-0.05, 0) is 5.92 Å². The predicted molar refractivity (Wildman–Crippen MR) is 84.1 cm³/mol. The van der Waals surface area contributed by atoms with Gasteiger partial charge in [0, 0.05) is 0 Å². The Bertz CT molecular complexity index is 319. The summed E-state index contributed by atoms with van der Waals surface area (Å²) in [5.74, 6) is -2.02. The topological polar surface area (TPSA) is 84.9 Å². The third-order valence-electron chi connectivity index (χ3n) is 3.04. The second-order valence-electron chi connectivity index (χ2n) is 5.54. The Hall–Kier alpha value is -0.550. The normalized spacial score (nSPS) is 9.23. The predicted octanol–water partition coefficient (Wildman–Crippen LogP) is 1.73. The van der Waals surface area contributed by atoms with Crippen LogP contribution in [-0.2, 0) is 4.79 Å². The van der Waals surface area contributed by atoms with E-state index in [1.165, 1.54) is 63.5 Å². The maximum absolute atomic E-state index is 9.72. The first kappa shape index (κ1) is 26.4. The molecule has 4 nitrogen and oxygen atoms in total. The molecule has 0 unspecified atom stereocenters. The van der Waals surface area contributed by atoms with Crippen molar-refractivity contribution in [3.8, 4) is 12.1 Å². The van der Waals surface area contributed by atoms with Crippen LogP contribution >= 0.6 is 0 Å². The van der Waals surface area contributed by atoms with Gasteiger partial charge in [-0.2, -0.15) is 16.9 Å². The summed E-state index contributed by atoms with van der Waals surface area (Å²) < 4.78 is 0. The van der Waals surface area contributed by atoms with E-state index in [9.17, 15) is 4.79 Å². The summed E-state index contributed by atoms with van der Waals surface area (Å²) in [5.41, 5.74) is 0. The summed E-state index contributed by atoms with van der Waals surface area (Å²) in [4.78, 5) is 9.72. The fourth-order valence-electron chi connectivity index (χ4n) is 1.75. The van der Waals surface area contributed by atoms with E-state index in [0.29, 0.717) is 0 Å². The molecule has 0 saturated heterocycles. The number of hydrogen-bond acceptors (Lipinski definition) is 3. The molecular weight excluding hydrogens is 287 g/mol. The molecule has 0 radical (unpaired) electrons. The first-order valence-electron chi connectivity index (χ1n) is 7.80. The van der Waals surface area contributed by atoms with Crippen molar-refractivity contribution in [2.45, 2.75) is 71.6 Å². The second-order valence-corrected chi connectivity index (χ2v) is 5.54. The van der Waals surface area contributed by atoms with Gasteiger partial charge in [-0.15, -0.1) is 0 Å². The van der Waals surface area contributed by atoms with Crippen molar-refractivity contribution in [3.63, 3.8) is 0 Å². The molecule has 0 bridgehead atoms. The molecule has 0 saturated carbocycles. The molecule has 0 atom stereocenters. The van der Waals surface area contributed by atoms with Gasteiger partial charge in [-0.3, -0.25) is 0 Å². The molecule has 0 amide bonds. The quantitative estimate of drug-likeness (QED) is 0.378. The van der Waals surface area contributed by atoms with Crippen LogP contribution in [0.1, 0.15) is 71.6 Å². The molecule has 120 valence electrons. The van der Waals surface area contributed by atoms with Crippen LogP contribution in [0.2, 0.25) is 0 Å². The smallest absolute Gasteiger partial charge is 0.479 e. The number of nitrogens with zero attached hydrogens (tertiary/aromatic N) is 2. The van der Waals surface area contributed by atoms with E-state index >= 15 is 0 Å². The number of carboxylic acids is 1. The number of carboxylic acid groups (broad SMARTS) is 1. The van der Waals surface area contributed by atoms with Gasteiger partial charge in [0.1, 0.15) is 0 Å². The maximum Gasteiger partial charge on any atom is 1.00 e. The van der Waals surface area contributed by atoms with E-state index in [1.54, 1.807) is 0 Å². The summed E-state index contributed by atoms with van der Waals surface area (Å²) in [5, 5.41) is 23.6. The van der Waals surface area contributed by atoms with Gasteiger partial charge >= 0.3 is 35.5 Å². The Morgan fingerprint density at radius 1 is 1.00 bits per heavy atom. The Balaban J connectivity index is -0.000000348. The van der Waals surface area contributed by atoms with Crippen molar-refractivity contribution in [1.82, 2.24) is 0 Å². The van der Waals surface area contributed by atoms with Crippen molar-refractivity contribution in [1.29, 1.82) is 10.5 Å². The third kappa shape index (κ3) is 21.7. The minimum Gasteiger partial charge on any atom is -0.479 e. The molecule has 0 aliphatic rings. The van der Waals surface area contributed by atoms with Crippen LogP contribution in [0.3, 0.4) is 0 Å². The molecule has 0 aromatic carbocycles. The van der Waals surface area contributed by atoms with Crippen molar-refractivity contribution >= 4 is 5.97 Å². The molecule has 22 heavy (non-hydrogen) atoms. The summed E-state index contributed by atoms with van der Waals surface area (Å²) in [6.45, 7) is 8.48. The minimum absolute atomic E-state index is 0. The summed E-state index contributed by atoms with van der Waals surface area (Å²) in [6.07, 6.45) is 12.5. The van der Waals surface area contributed by atoms with Gasteiger partial charge in [0.15, 0.2) is 0 Å². The zero-order chi connectivity index (χ0) is 16.5. The first-order valence-corrected chi connectivity index (χ1v) is 7.80. The van der Waals surface area contributed by atoms with Gasteiger partial charge in [-0.1, -0.05) is 65.2 Å². The fourth-order valence-corrected chi connectivity index (χ4v) is 1.75. The van der Waals surface area contributed by atoms with Crippen LogP contribution in [0, 0.1) is 41.4 Å². The molecule has 0 aliphatic heterocycles. The molecule has 0 heterocycles. The summed E-state index contributed by atoms with van der Waals surface area (Å²) in [7, 11) is 0. The monoisotopic (exact) mass is 316 g/mol. The van der Waals surface area contributed by atoms with Gasteiger partial charge in [0.05, 0.1) is 12.1 Å². The Morgan fingerprint density at radius 3 is 1.68 bits per heavy atom. The molecule has 5 heteroatoms. The van der Waals surface area contributed by atoms with Crippen molar-refractivity contribution < 1.29 is 39.5 Å². The minimum atomic E-state index is -1.52. The average Bonchev–Trinajstić information content (AvgIpc) is 2.43. The van der Waals surface area contributed by atoms with E-state index in [2.05, 4.69) is 20.8 Å². The Labute approximate surface area is 158 Å². The van der Waals surface area contributed by atoms with Crippen molar-refractivity contribution in [3.05, 3.63) is 6.92 Å². The summed E-state index contributed by atoms with van der Waals surface area (Å²) in [6, 6.07) is 2.58. The molecular formula is C17H29N2NaO2. The van der Waals surface area contributed by atoms with Crippen LogP contribution < -0.4 is 29.6 Å². The number of aliphatic carboxylic acids is 1. The van der Waals surface area contributed by atoms with E-state index in [4.69, 9.17) is 15.6 Å². The fraction of sp³-hybridized carbons (Fsp3) is 0.765. The molecule has 0 fully saturated rings. The number of nitriles is 2. The van der Waals surface area contributed by atoms with Gasteiger partial charge in [-0.25, -0.2) is 4.79 Å². The molecule has 1 N–H and O–H groups in total. The van der Waals surface area contributed by atoms with Crippen molar-refractivity contribution in [2.75, 3.05) is 0 Å². The largest absolute Gasteiger partial charge is 1.00 e. The van der Waals surface area contributed by atoms with Crippen LogP contribution in [0.5, 0.6) is 0 Å². The molecule has 0 spiro atoms. The maximum atomic E-state index is 9.72. The van der Waals surface area contributed by atoms with E-state index < -0.39 is 11.9 Å². The molecule has 0 aromatic heterocycles. The molecule has 0 aliphatic carbocycles. The van der Waals surface area contributed by atoms with Crippen LogP contribution in [0.15, 0.2) is 0 Å². The number of unbranched alkanes of at least 4 members (excludes halogenated alkanes) is 7. The van der Waals surface area contributed by atoms with Crippen LogP contribution in [0.4, 0.5) is 0 Å². The van der Waals surface area contributed by atoms with Gasteiger partial charge in [0.25, 0.3) is 0 Å². The van der Waals surface area contributed by atoms with Gasteiger partial charge in [0.2, 0.25) is 5.92 Å².